The average molecular weight is 271 g/mol. The van der Waals surface area contributed by atoms with E-state index in [-0.39, 0.29) is 12.0 Å². The summed E-state index contributed by atoms with van der Waals surface area (Å²) in [6.07, 6.45) is -2.52. The number of alkyl halides is 3. The van der Waals surface area contributed by atoms with E-state index in [1.165, 1.54) is 0 Å². The Balaban J connectivity index is 2.08. The summed E-state index contributed by atoms with van der Waals surface area (Å²) in [6, 6.07) is 2.05. The minimum atomic E-state index is -4.43. The van der Waals surface area contributed by atoms with Crippen molar-refractivity contribution < 1.29 is 13.2 Å². The van der Waals surface area contributed by atoms with Crippen molar-refractivity contribution in [3.05, 3.63) is 18.0 Å². The fourth-order valence-corrected chi connectivity index (χ4v) is 1.88. The quantitative estimate of drug-likeness (QED) is 0.875. The summed E-state index contributed by atoms with van der Waals surface area (Å²) >= 11 is 0. The van der Waals surface area contributed by atoms with Gasteiger partial charge in [0.2, 0.25) is 5.95 Å². The molecule has 0 aliphatic carbocycles. The van der Waals surface area contributed by atoms with Gasteiger partial charge in [0, 0.05) is 38.1 Å². The van der Waals surface area contributed by atoms with Crippen LogP contribution in [0.4, 0.5) is 19.1 Å². The van der Waals surface area contributed by atoms with Gasteiger partial charge in [0.25, 0.3) is 0 Å². The van der Waals surface area contributed by atoms with Crippen LogP contribution in [-0.2, 0) is 6.18 Å². The van der Waals surface area contributed by atoms with Crippen LogP contribution in [-0.4, -0.2) is 35.6 Å². The third-order valence-corrected chi connectivity index (χ3v) is 2.84. The molecule has 0 saturated carbocycles. The summed E-state index contributed by atoms with van der Waals surface area (Å²) in [5.41, 5.74) is -0.861. The second kappa shape index (κ2) is 5.40. The molecule has 1 N–H and O–H groups in total. The normalized spacial score (nSPS) is 20.1. The Hall–Kier alpha value is -1.88. The van der Waals surface area contributed by atoms with Gasteiger partial charge in [-0.3, -0.25) is 0 Å². The van der Waals surface area contributed by atoms with Crippen molar-refractivity contribution in [2.45, 2.75) is 18.6 Å². The molecule has 1 aliphatic rings. The molecule has 0 radical (unpaired) electrons. The third-order valence-electron chi connectivity index (χ3n) is 2.84. The van der Waals surface area contributed by atoms with Gasteiger partial charge in [0.05, 0.1) is 18.1 Å². The number of halogens is 3. The standard InChI is InChI=1S/C11H12F3N5/c12-11(13,14)8-5-17-10(18-6-8)19-4-3-16-9(7-19)1-2-15/h5-6,9,16H,1,3-4,7H2/t9-/m1/s1. The van der Waals surface area contributed by atoms with Gasteiger partial charge < -0.3 is 10.2 Å². The molecule has 0 amide bonds. The Kier molecular flexibility index (Phi) is 3.85. The molecule has 1 aromatic rings. The molecule has 1 atom stereocenters. The zero-order chi connectivity index (χ0) is 13.9. The number of hydrogen-bond donors (Lipinski definition) is 1. The second-order valence-corrected chi connectivity index (χ2v) is 4.23. The first-order valence-corrected chi connectivity index (χ1v) is 5.75. The topological polar surface area (TPSA) is 64.8 Å². The van der Waals surface area contributed by atoms with Crippen LogP contribution in [0.15, 0.2) is 12.4 Å². The van der Waals surface area contributed by atoms with E-state index in [9.17, 15) is 13.2 Å². The van der Waals surface area contributed by atoms with E-state index in [1.54, 1.807) is 4.90 Å². The van der Waals surface area contributed by atoms with Gasteiger partial charge in [-0.05, 0) is 0 Å². The lowest BCUT2D eigenvalue weighted by Crippen LogP contribution is -2.51. The van der Waals surface area contributed by atoms with Crippen LogP contribution >= 0.6 is 0 Å². The summed E-state index contributed by atoms with van der Waals surface area (Å²) in [4.78, 5) is 9.27. The lowest BCUT2D eigenvalue weighted by molar-refractivity contribution is -0.138. The lowest BCUT2D eigenvalue weighted by atomic mass is 10.1. The van der Waals surface area contributed by atoms with Crippen molar-refractivity contribution in [3.8, 4) is 6.07 Å². The molecule has 2 rings (SSSR count). The fourth-order valence-electron chi connectivity index (χ4n) is 1.88. The molecule has 8 heteroatoms. The summed E-state index contributed by atoms with van der Waals surface area (Å²) in [5, 5.41) is 11.8. The van der Waals surface area contributed by atoms with Gasteiger partial charge in [-0.1, -0.05) is 0 Å². The van der Waals surface area contributed by atoms with Crippen molar-refractivity contribution in [3.63, 3.8) is 0 Å². The zero-order valence-electron chi connectivity index (χ0n) is 9.98. The van der Waals surface area contributed by atoms with Gasteiger partial charge in [-0.15, -0.1) is 0 Å². The first-order chi connectivity index (χ1) is 9.00. The Labute approximate surface area is 108 Å². The maximum Gasteiger partial charge on any atom is 0.419 e. The Morgan fingerprint density at radius 2 is 2.11 bits per heavy atom. The van der Waals surface area contributed by atoms with E-state index in [2.05, 4.69) is 21.4 Å². The number of piperazine rings is 1. The Morgan fingerprint density at radius 3 is 2.68 bits per heavy atom. The molecule has 1 aromatic heterocycles. The molecule has 19 heavy (non-hydrogen) atoms. The first-order valence-electron chi connectivity index (χ1n) is 5.75. The van der Waals surface area contributed by atoms with Gasteiger partial charge in [0.15, 0.2) is 0 Å². The van der Waals surface area contributed by atoms with Crippen LogP contribution in [0.1, 0.15) is 12.0 Å². The predicted molar refractivity (Wildman–Crippen MR) is 61.3 cm³/mol. The summed E-state index contributed by atoms with van der Waals surface area (Å²) < 4.78 is 37.2. The van der Waals surface area contributed by atoms with Crippen molar-refractivity contribution in [2.75, 3.05) is 24.5 Å². The average Bonchev–Trinajstić information content (AvgIpc) is 2.39. The molecule has 0 spiro atoms. The summed E-state index contributed by atoms with van der Waals surface area (Å²) in [7, 11) is 0. The van der Waals surface area contributed by atoms with E-state index >= 15 is 0 Å². The Bertz CT molecular complexity index is 465. The number of nitrogens with zero attached hydrogens (tertiary/aromatic N) is 4. The molecular formula is C11H12F3N5. The molecule has 2 heterocycles. The van der Waals surface area contributed by atoms with E-state index < -0.39 is 11.7 Å². The largest absolute Gasteiger partial charge is 0.419 e. The van der Waals surface area contributed by atoms with Gasteiger partial charge in [0.1, 0.15) is 0 Å². The summed E-state index contributed by atoms with van der Waals surface area (Å²) in [5.74, 6) is 0.262. The second-order valence-electron chi connectivity index (χ2n) is 4.23. The maximum absolute atomic E-state index is 12.4. The van der Waals surface area contributed by atoms with Crippen LogP contribution in [0.2, 0.25) is 0 Å². The number of anilines is 1. The predicted octanol–water partition coefficient (Wildman–Crippen LogP) is 1.19. The van der Waals surface area contributed by atoms with Crippen LogP contribution in [0.25, 0.3) is 0 Å². The summed E-state index contributed by atoms with van der Waals surface area (Å²) in [6.45, 7) is 1.77. The molecule has 1 aliphatic heterocycles. The number of nitriles is 1. The monoisotopic (exact) mass is 271 g/mol. The lowest BCUT2D eigenvalue weighted by Gasteiger charge is -2.32. The minimum absolute atomic E-state index is 0.00959. The number of hydrogen-bond acceptors (Lipinski definition) is 5. The highest BCUT2D eigenvalue weighted by molar-refractivity contribution is 5.32. The Morgan fingerprint density at radius 1 is 1.42 bits per heavy atom. The highest BCUT2D eigenvalue weighted by Crippen LogP contribution is 2.28. The van der Waals surface area contributed by atoms with Crippen LogP contribution in [0, 0.1) is 11.3 Å². The zero-order valence-corrected chi connectivity index (χ0v) is 9.98. The van der Waals surface area contributed by atoms with E-state index in [1.807, 2.05) is 0 Å². The van der Waals surface area contributed by atoms with E-state index in [0.717, 1.165) is 12.4 Å². The van der Waals surface area contributed by atoms with Crippen LogP contribution < -0.4 is 10.2 Å². The molecule has 102 valence electrons. The van der Waals surface area contributed by atoms with Crippen LogP contribution in [0.3, 0.4) is 0 Å². The van der Waals surface area contributed by atoms with Crippen molar-refractivity contribution in [1.82, 2.24) is 15.3 Å². The van der Waals surface area contributed by atoms with Crippen molar-refractivity contribution >= 4 is 5.95 Å². The number of rotatable bonds is 2. The molecular weight excluding hydrogens is 259 g/mol. The van der Waals surface area contributed by atoms with Crippen molar-refractivity contribution in [1.29, 1.82) is 5.26 Å². The van der Waals surface area contributed by atoms with Crippen molar-refractivity contribution in [2.24, 2.45) is 0 Å². The minimum Gasteiger partial charge on any atom is -0.338 e. The molecule has 1 fully saturated rings. The highest BCUT2D eigenvalue weighted by atomic mass is 19.4. The molecule has 0 bridgehead atoms. The van der Waals surface area contributed by atoms with Gasteiger partial charge in [-0.25, -0.2) is 9.97 Å². The molecule has 5 nitrogen and oxygen atoms in total. The number of nitrogens with one attached hydrogen (secondary N) is 1. The molecule has 1 saturated heterocycles. The van der Waals surface area contributed by atoms with E-state index in [4.69, 9.17) is 5.26 Å². The van der Waals surface area contributed by atoms with E-state index in [0.29, 0.717) is 26.1 Å². The molecule has 0 aromatic carbocycles. The smallest absolute Gasteiger partial charge is 0.338 e. The third kappa shape index (κ3) is 3.32. The highest BCUT2D eigenvalue weighted by Gasteiger charge is 2.31. The molecule has 0 unspecified atom stereocenters. The maximum atomic E-state index is 12.4. The van der Waals surface area contributed by atoms with Gasteiger partial charge in [-0.2, -0.15) is 18.4 Å². The fraction of sp³-hybridized carbons (Fsp3) is 0.545. The first kappa shape index (κ1) is 13.5. The SMILES string of the molecule is N#CC[C@@H]1CN(c2ncc(C(F)(F)F)cn2)CCN1. The number of aromatic nitrogens is 2. The van der Waals surface area contributed by atoms with Crippen LogP contribution in [0.5, 0.6) is 0 Å². The van der Waals surface area contributed by atoms with Gasteiger partial charge >= 0.3 is 6.18 Å².